The SMILES string of the molecule is CCC(C(=O)[O-])C1CCC(C)C(C(C)C(O)C(C)C(=O)C(CC)C2OC3(C=CC(O)C4(CCC(C)(C5CCC(O)(CC)C(C)O5)O4)O3)C(C)CC2C)O1.CCCCOc1ccc(OCCCN2CCOCC2)cc1.Cl.[Na+]. The molecule has 6 heterocycles. The monoisotopic (exact) mass is 1100 g/mol. The summed E-state index contributed by atoms with van der Waals surface area (Å²) in [6.07, 6.45) is 8.52. The molecule has 0 saturated carbocycles. The van der Waals surface area contributed by atoms with Crippen molar-refractivity contribution in [3.05, 3.63) is 36.4 Å². The molecule has 6 aliphatic rings. The van der Waals surface area contributed by atoms with Crippen LogP contribution in [-0.4, -0.2) is 144 Å². The molecule has 2 spiro atoms. The van der Waals surface area contributed by atoms with E-state index in [9.17, 15) is 30.0 Å². The van der Waals surface area contributed by atoms with E-state index in [1.165, 1.54) is 0 Å². The van der Waals surface area contributed by atoms with Gasteiger partial charge in [-0.05, 0) is 133 Å². The van der Waals surface area contributed by atoms with E-state index < -0.39 is 82.9 Å². The standard InChI is InChI=1S/C42H70O11.C17H27NO3.ClH.Na/c1-11-29(38(46)47)31-15-14-23(4)36(50-31)27(8)34(44)26(7)35(45)30(12-2)37-24(5)22-25(6)41(51-37)19-16-32(43)42(53-41)21-20-39(10,52-42)33-17-18-40(48,13-3)28(9)49-33;1-2-3-12-20-16-5-7-17(8-6-16)21-13-4-9-18-10-14-19-15-11-18;;/h16,19,23-34,36-37,43-44,48H,11-15,17-18,20-22H2,1-10H3,(H,46,47);5-8H,2-4,9-15H2,1H3;1H;/q;;;+1/p-1. The van der Waals surface area contributed by atoms with Crippen LogP contribution in [0.25, 0.3) is 0 Å². The third-order valence-electron chi connectivity index (χ3n) is 18.0. The number of carbonyl (C=O) groups excluding carboxylic acids is 2. The van der Waals surface area contributed by atoms with Crippen LogP contribution in [0.15, 0.2) is 36.4 Å². The number of carbonyl (C=O) groups is 2. The Bertz CT molecular complexity index is 1950. The summed E-state index contributed by atoms with van der Waals surface area (Å²) in [6, 6.07) is 7.92. The van der Waals surface area contributed by atoms with Gasteiger partial charge in [-0.2, -0.15) is 0 Å². The predicted molar refractivity (Wildman–Crippen MR) is 287 cm³/mol. The molecule has 5 fully saturated rings. The number of morpholine rings is 1. The van der Waals surface area contributed by atoms with Crippen molar-refractivity contribution in [1.29, 1.82) is 0 Å². The van der Waals surface area contributed by atoms with Crippen LogP contribution in [-0.2, 0) is 38.0 Å². The molecular weight excluding hydrogens is 1010 g/mol. The zero-order valence-corrected chi connectivity index (χ0v) is 51.2. The average molecular weight is 1100 g/mol. The molecule has 1 aromatic carbocycles. The van der Waals surface area contributed by atoms with Gasteiger partial charge in [0.2, 0.25) is 5.79 Å². The van der Waals surface area contributed by atoms with Crippen molar-refractivity contribution in [2.75, 3.05) is 46.1 Å². The number of aliphatic hydroxyl groups excluding tert-OH is 2. The van der Waals surface area contributed by atoms with Gasteiger partial charge in [-0.15, -0.1) is 12.4 Å². The molecular formula is C59H97ClNNaO14. The summed E-state index contributed by atoms with van der Waals surface area (Å²) in [5.41, 5.74) is -1.64. The molecule has 18 atom stereocenters. The fourth-order valence-corrected chi connectivity index (χ4v) is 12.7. The summed E-state index contributed by atoms with van der Waals surface area (Å²) >= 11 is 0. The van der Waals surface area contributed by atoms with E-state index in [0.717, 1.165) is 83.2 Å². The summed E-state index contributed by atoms with van der Waals surface area (Å²) in [5, 5.41) is 46.0. The van der Waals surface area contributed by atoms with Crippen LogP contribution in [0.4, 0.5) is 0 Å². The Morgan fingerprint density at radius 2 is 1.47 bits per heavy atom. The van der Waals surface area contributed by atoms with E-state index in [2.05, 4.69) is 32.6 Å². The van der Waals surface area contributed by atoms with Crippen molar-refractivity contribution in [1.82, 2.24) is 4.90 Å². The molecule has 5 saturated heterocycles. The quantitative estimate of drug-likeness (QED) is 0.0821. The average Bonchev–Trinajstić information content (AvgIpc) is 3.74. The smallest absolute Gasteiger partial charge is 0.550 e. The number of carboxylic acids is 1. The Kier molecular flexibility index (Phi) is 26.5. The van der Waals surface area contributed by atoms with Crippen LogP contribution in [0.1, 0.15) is 160 Å². The van der Waals surface area contributed by atoms with Gasteiger partial charge in [0.1, 0.15) is 23.4 Å². The van der Waals surface area contributed by atoms with Crippen molar-refractivity contribution < 1.29 is 97.5 Å². The Morgan fingerprint density at radius 3 is 2.05 bits per heavy atom. The molecule has 17 heteroatoms. The number of aliphatic carboxylic acids is 1. The third kappa shape index (κ3) is 16.0. The van der Waals surface area contributed by atoms with Gasteiger partial charge in [0.15, 0.2) is 5.79 Å². The largest absolute Gasteiger partial charge is 1.00 e. The second kappa shape index (κ2) is 30.1. The first-order chi connectivity index (χ1) is 35.2. The van der Waals surface area contributed by atoms with Crippen LogP contribution in [0.3, 0.4) is 0 Å². The molecule has 6 aliphatic heterocycles. The number of aliphatic hydroxyl groups is 3. The van der Waals surface area contributed by atoms with Crippen molar-refractivity contribution in [3.8, 4) is 11.5 Å². The molecule has 3 N–H and O–H groups in total. The first kappa shape index (κ1) is 67.1. The topological polar surface area (TPSA) is 195 Å². The fourth-order valence-electron chi connectivity index (χ4n) is 12.7. The molecule has 0 radical (unpaired) electrons. The molecule has 7 rings (SSSR count). The number of unbranched alkanes of at least 4 members (excludes halogenated alkanes) is 1. The molecule has 18 unspecified atom stereocenters. The first-order valence-electron chi connectivity index (χ1n) is 28.8. The number of ketones is 1. The Balaban J connectivity index is 0.000000455. The first-order valence-corrected chi connectivity index (χ1v) is 28.8. The van der Waals surface area contributed by atoms with Crippen LogP contribution in [0.2, 0.25) is 0 Å². The van der Waals surface area contributed by atoms with Crippen molar-refractivity contribution in [2.24, 2.45) is 41.4 Å². The summed E-state index contributed by atoms with van der Waals surface area (Å²) in [4.78, 5) is 28.7. The second-order valence-corrected chi connectivity index (χ2v) is 23.2. The summed E-state index contributed by atoms with van der Waals surface area (Å²) in [7, 11) is 0. The van der Waals surface area contributed by atoms with Gasteiger partial charge in [-0.3, -0.25) is 9.69 Å². The minimum atomic E-state index is -1.37. The van der Waals surface area contributed by atoms with E-state index in [4.69, 9.17) is 37.9 Å². The fraction of sp³-hybridized carbons (Fsp3) is 0.831. The van der Waals surface area contributed by atoms with Crippen molar-refractivity contribution >= 4 is 24.2 Å². The van der Waals surface area contributed by atoms with E-state index in [0.29, 0.717) is 57.8 Å². The summed E-state index contributed by atoms with van der Waals surface area (Å²) < 4.78 is 50.2. The maximum Gasteiger partial charge on any atom is 1.00 e. The van der Waals surface area contributed by atoms with E-state index >= 15 is 0 Å². The molecule has 0 bridgehead atoms. The molecule has 0 amide bonds. The number of benzene rings is 1. The van der Waals surface area contributed by atoms with E-state index in [1.54, 1.807) is 19.1 Å². The Morgan fingerprint density at radius 1 is 0.842 bits per heavy atom. The summed E-state index contributed by atoms with van der Waals surface area (Å²) in [5.74, 6) is -4.40. The maximum atomic E-state index is 14.4. The van der Waals surface area contributed by atoms with Gasteiger partial charge >= 0.3 is 29.6 Å². The molecule has 0 aliphatic carbocycles. The van der Waals surface area contributed by atoms with Gasteiger partial charge in [0, 0.05) is 61.6 Å². The normalized spacial score (nSPS) is 36.6. The van der Waals surface area contributed by atoms with Crippen LogP contribution >= 0.6 is 12.4 Å². The van der Waals surface area contributed by atoms with Gasteiger partial charge in [0.25, 0.3) is 0 Å². The number of hydrogen-bond acceptors (Lipinski definition) is 15. The Labute approximate surface area is 484 Å². The minimum Gasteiger partial charge on any atom is -0.550 e. The summed E-state index contributed by atoms with van der Waals surface area (Å²) in [6.45, 7) is 28.1. The van der Waals surface area contributed by atoms with E-state index in [1.807, 2.05) is 65.8 Å². The van der Waals surface area contributed by atoms with E-state index in [-0.39, 0.29) is 77.7 Å². The molecule has 1 aromatic rings. The number of ether oxygens (including phenoxy) is 8. The molecule has 15 nitrogen and oxygen atoms in total. The second-order valence-electron chi connectivity index (χ2n) is 23.2. The van der Waals surface area contributed by atoms with Gasteiger partial charge in [-0.25, -0.2) is 0 Å². The minimum absolute atomic E-state index is 0. The van der Waals surface area contributed by atoms with Crippen LogP contribution in [0, 0.1) is 41.4 Å². The molecule has 0 aromatic heterocycles. The number of halogens is 1. The maximum absolute atomic E-state index is 14.4. The van der Waals surface area contributed by atoms with Crippen LogP contribution < -0.4 is 44.1 Å². The number of hydrogen-bond donors (Lipinski definition) is 3. The zero-order valence-electron chi connectivity index (χ0n) is 48.4. The third-order valence-corrected chi connectivity index (χ3v) is 18.0. The van der Waals surface area contributed by atoms with Gasteiger partial charge < -0.3 is 63.1 Å². The number of carboxylic acid groups (broad SMARTS) is 1. The molecule has 430 valence electrons. The number of Topliss-reactive ketones (excluding diaryl/α,β-unsaturated/α-hetero) is 1. The van der Waals surface area contributed by atoms with Crippen LogP contribution in [0.5, 0.6) is 11.5 Å². The number of nitrogens with zero attached hydrogens (tertiary/aromatic N) is 1. The number of rotatable bonds is 21. The van der Waals surface area contributed by atoms with Crippen molar-refractivity contribution in [3.63, 3.8) is 0 Å². The van der Waals surface area contributed by atoms with Gasteiger partial charge in [-0.1, -0.05) is 68.7 Å². The molecule has 76 heavy (non-hydrogen) atoms. The Hall–Kier alpha value is -1.41. The van der Waals surface area contributed by atoms with Gasteiger partial charge in [0.05, 0.1) is 74.3 Å². The predicted octanol–water partition coefficient (Wildman–Crippen LogP) is 5.25. The zero-order chi connectivity index (χ0) is 54.0. The van der Waals surface area contributed by atoms with Crippen molar-refractivity contribution in [2.45, 2.75) is 225 Å².